The van der Waals surface area contributed by atoms with Crippen molar-refractivity contribution >= 4 is 11.7 Å². The zero-order valence-corrected chi connectivity index (χ0v) is 11.5. The summed E-state index contributed by atoms with van der Waals surface area (Å²) in [5, 5.41) is 3.56. The second-order valence-electron chi connectivity index (χ2n) is 4.46. The average Bonchev–Trinajstić information content (AvgIpc) is 2.94. The van der Waals surface area contributed by atoms with Gasteiger partial charge in [0, 0.05) is 12.5 Å². The Morgan fingerprint density at radius 1 is 1.33 bits per heavy atom. The number of rotatable bonds is 6. The molecule has 0 fully saturated rings. The van der Waals surface area contributed by atoms with Crippen molar-refractivity contribution in [3.63, 3.8) is 0 Å². The molecule has 0 aliphatic heterocycles. The summed E-state index contributed by atoms with van der Waals surface area (Å²) in [6.07, 6.45) is 0.403. The van der Waals surface area contributed by atoms with Crippen molar-refractivity contribution in [3.05, 3.63) is 47.3 Å². The van der Waals surface area contributed by atoms with E-state index >= 15 is 0 Å². The van der Waals surface area contributed by atoms with Crippen molar-refractivity contribution in [1.29, 1.82) is 0 Å². The Morgan fingerprint density at radius 3 is 2.67 bits per heavy atom. The molecule has 110 valence electrons. The molecule has 0 unspecified atom stereocenters. The number of carbonyl (C=O) groups is 2. The van der Waals surface area contributed by atoms with Crippen molar-refractivity contribution in [2.75, 3.05) is 0 Å². The van der Waals surface area contributed by atoms with Crippen LogP contribution >= 0.6 is 0 Å². The van der Waals surface area contributed by atoms with Crippen molar-refractivity contribution < 1.29 is 18.8 Å². The minimum absolute atomic E-state index is 0.0907. The molecule has 1 aromatic heterocycles. The SMILES string of the molecule is CC(=O)Cc1ccc(OCc2cc(C(=O)NN)no2)cc1. The maximum Gasteiger partial charge on any atom is 0.287 e. The van der Waals surface area contributed by atoms with Gasteiger partial charge in [-0.2, -0.15) is 0 Å². The van der Waals surface area contributed by atoms with Gasteiger partial charge in [0.15, 0.2) is 11.5 Å². The lowest BCUT2D eigenvalue weighted by molar-refractivity contribution is -0.116. The normalized spacial score (nSPS) is 10.2. The Balaban J connectivity index is 1.92. The van der Waals surface area contributed by atoms with E-state index in [1.54, 1.807) is 19.1 Å². The van der Waals surface area contributed by atoms with Gasteiger partial charge >= 0.3 is 0 Å². The monoisotopic (exact) mass is 289 g/mol. The molecule has 7 nitrogen and oxygen atoms in total. The first-order valence-electron chi connectivity index (χ1n) is 6.26. The Labute approximate surface area is 121 Å². The summed E-state index contributed by atoms with van der Waals surface area (Å²) in [6.45, 7) is 1.68. The number of Topliss-reactive ketones (excluding diaryl/α,β-unsaturated/α-hetero) is 1. The molecule has 1 amide bonds. The smallest absolute Gasteiger partial charge is 0.287 e. The molecule has 0 saturated carbocycles. The number of ketones is 1. The number of nitrogens with zero attached hydrogens (tertiary/aromatic N) is 1. The summed E-state index contributed by atoms with van der Waals surface area (Å²) >= 11 is 0. The first-order valence-corrected chi connectivity index (χ1v) is 6.26. The fraction of sp³-hybridized carbons (Fsp3) is 0.214. The van der Waals surface area contributed by atoms with Crippen LogP contribution in [-0.2, 0) is 17.8 Å². The number of nitrogens with one attached hydrogen (secondary N) is 1. The second-order valence-corrected chi connectivity index (χ2v) is 4.46. The molecule has 3 N–H and O–H groups in total. The fourth-order valence-electron chi connectivity index (χ4n) is 1.71. The number of benzene rings is 1. The number of carbonyl (C=O) groups excluding carboxylic acids is 2. The Kier molecular flexibility index (Phi) is 4.68. The number of nitrogens with two attached hydrogens (primary N) is 1. The molecule has 0 bridgehead atoms. The second kappa shape index (κ2) is 6.67. The number of hydrogen-bond acceptors (Lipinski definition) is 6. The van der Waals surface area contributed by atoms with E-state index in [0.29, 0.717) is 17.9 Å². The van der Waals surface area contributed by atoms with E-state index < -0.39 is 5.91 Å². The van der Waals surface area contributed by atoms with Crippen LogP contribution in [0.3, 0.4) is 0 Å². The van der Waals surface area contributed by atoms with E-state index in [0.717, 1.165) is 5.56 Å². The Hall–Kier alpha value is -2.67. The van der Waals surface area contributed by atoms with E-state index in [1.165, 1.54) is 6.07 Å². The molecule has 0 saturated heterocycles. The summed E-state index contributed by atoms with van der Waals surface area (Å²) in [6, 6.07) is 8.63. The highest BCUT2D eigenvalue weighted by molar-refractivity contribution is 5.91. The molecule has 0 aliphatic carbocycles. The van der Waals surface area contributed by atoms with Crippen LogP contribution in [0.15, 0.2) is 34.9 Å². The first kappa shape index (κ1) is 14.7. The number of hydrazine groups is 1. The molecular formula is C14H15N3O4. The molecule has 0 atom stereocenters. The summed E-state index contributed by atoms with van der Waals surface area (Å²) in [7, 11) is 0. The fourth-order valence-corrected chi connectivity index (χ4v) is 1.71. The molecule has 0 spiro atoms. The van der Waals surface area contributed by atoms with Crippen LogP contribution in [0.1, 0.15) is 28.7 Å². The third-order valence-corrected chi connectivity index (χ3v) is 2.68. The maximum atomic E-state index is 11.2. The van der Waals surface area contributed by atoms with Gasteiger partial charge < -0.3 is 9.26 Å². The third-order valence-electron chi connectivity index (χ3n) is 2.68. The molecule has 1 heterocycles. The molecule has 7 heteroatoms. The Bertz CT molecular complexity index is 634. The predicted octanol–water partition coefficient (Wildman–Crippen LogP) is 0.989. The highest BCUT2D eigenvalue weighted by atomic mass is 16.5. The predicted molar refractivity (Wildman–Crippen MR) is 73.3 cm³/mol. The van der Waals surface area contributed by atoms with Gasteiger partial charge in [0.2, 0.25) is 0 Å². The van der Waals surface area contributed by atoms with E-state index in [9.17, 15) is 9.59 Å². The van der Waals surface area contributed by atoms with Crippen LogP contribution in [0.2, 0.25) is 0 Å². The standard InChI is InChI=1S/C14H15N3O4/c1-9(18)6-10-2-4-11(5-3-10)20-8-12-7-13(17-21-12)14(19)16-15/h2-5,7H,6,8,15H2,1H3,(H,16,19). The van der Waals surface area contributed by atoms with Crippen molar-refractivity contribution in [2.24, 2.45) is 5.84 Å². The largest absolute Gasteiger partial charge is 0.486 e. The minimum atomic E-state index is -0.529. The van der Waals surface area contributed by atoms with Gasteiger partial charge in [-0.3, -0.25) is 15.0 Å². The zero-order chi connectivity index (χ0) is 15.2. The van der Waals surface area contributed by atoms with E-state index in [1.807, 2.05) is 17.6 Å². The third kappa shape index (κ3) is 4.15. The number of nitrogen functional groups attached to an aromatic ring is 1. The number of aromatic nitrogens is 1. The highest BCUT2D eigenvalue weighted by Gasteiger charge is 2.11. The van der Waals surface area contributed by atoms with Crippen LogP contribution in [0.4, 0.5) is 0 Å². The van der Waals surface area contributed by atoms with Gasteiger partial charge in [0.05, 0.1) is 0 Å². The molecule has 0 aliphatic rings. The van der Waals surface area contributed by atoms with Crippen molar-refractivity contribution in [3.8, 4) is 5.75 Å². The molecule has 1 aromatic carbocycles. The maximum absolute atomic E-state index is 11.2. The molecule has 2 rings (SSSR count). The number of amides is 1. The van der Waals surface area contributed by atoms with E-state index in [4.69, 9.17) is 15.1 Å². The van der Waals surface area contributed by atoms with Crippen molar-refractivity contribution in [1.82, 2.24) is 10.6 Å². The van der Waals surface area contributed by atoms with Gasteiger partial charge in [-0.1, -0.05) is 17.3 Å². The molecule has 0 radical (unpaired) electrons. The zero-order valence-electron chi connectivity index (χ0n) is 11.5. The summed E-state index contributed by atoms with van der Waals surface area (Å²) in [4.78, 5) is 22.2. The van der Waals surface area contributed by atoms with Crippen LogP contribution in [-0.4, -0.2) is 16.8 Å². The average molecular weight is 289 g/mol. The van der Waals surface area contributed by atoms with Gasteiger partial charge in [0.1, 0.15) is 18.1 Å². The number of hydrogen-bond donors (Lipinski definition) is 2. The molecule has 2 aromatic rings. The van der Waals surface area contributed by atoms with Gasteiger partial charge in [-0.25, -0.2) is 5.84 Å². The lowest BCUT2D eigenvalue weighted by Crippen LogP contribution is -2.30. The van der Waals surface area contributed by atoms with Gasteiger partial charge in [0.25, 0.3) is 5.91 Å². The summed E-state index contributed by atoms with van der Waals surface area (Å²) in [5.74, 6) is 5.60. The molecule has 21 heavy (non-hydrogen) atoms. The summed E-state index contributed by atoms with van der Waals surface area (Å²) in [5.41, 5.74) is 2.98. The van der Waals surface area contributed by atoms with Crippen molar-refractivity contribution in [2.45, 2.75) is 20.0 Å². The van der Waals surface area contributed by atoms with Crippen LogP contribution in [0.25, 0.3) is 0 Å². The lowest BCUT2D eigenvalue weighted by atomic mass is 10.1. The molecular weight excluding hydrogens is 274 g/mol. The lowest BCUT2D eigenvalue weighted by Gasteiger charge is -2.04. The van der Waals surface area contributed by atoms with Gasteiger partial charge in [-0.15, -0.1) is 0 Å². The topological polar surface area (TPSA) is 107 Å². The summed E-state index contributed by atoms with van der Waals surface area (Å²) < 4.78 is 10.4. The van der Waals surface area contributed by atoms with Gasteiger partial charge in [-0.05, 0) is 24.6 Å². The quantitative estimate of drug-likeness (QED) is 0.466. The van der Waals surface area contributed by atoms with Crippen LogP contribution in [0.5, 0.6) is 5.75 Å². The Morgan fingerprint density at radius 2 is 2.05 bits per heavy atom. The minimum Gasteiger partial charge on any atom is -0.486 e. The van der Waals surface area contributed by atoms with E-state index in [-0.39, 0.29) is 18.1 Å². The number of ether oxygens (including phenoxy) is 1. The van der Waals surface area contributed by atoms with Crippen LogP contribution in [0, 0.1) is 0 Å². The first-order chi connectivity index (χ1) is 10.1. The van der Waals surface area contributed by atoms with E-state index in [2.05, 4.69) is 5.16 Å². The van der Waals surface area contributed by atoms with Crippen LogP contribution < -0.4 is 16.0 Å². The highest BCUT2D eigenvalue weighted by Crippen LogP contribution is 2.15.